The van der Waals surface area contributed by atoms with Crippen LogP contribution in [0.25, 0.3) is 0 Å². The molecule has 0 amide bonds. The van der Waals surface area contributed by atoms with E-state index in [1.54, 1.807) is 18.2 Å². The van der Waals surface area contributed by atoms with Crippen molar-refractivity contribution in [3.8, 4) is 5.75 Å². The van der Waals surface area contributed by atoms with Crippen LogP contribution < -0.4 is 4.74 Å². The Balaban J connectivity index is 2.31. The third kappa shape index (κ3) is 2.07. The van der Waals surface area contributed by atoms with Crippen molar-refractivity contribution in [1.82, 2.24) is 0 Å². The van der Waals surface area contributed by atoms with Gasteiger partial charge in [0.25, 0.3) is 0 Å². The van der Waals surface area contributed by atoms with Crippen molar-refractivity contribution in [2.75, 3.05) is 0 Å². The molecule has 0 saturated heterocycles. The molecule has 0 spiro atoms. The molecule has 14 heavy (non-hydrogen) atoms. The van der Waals surface area contributed by atoms with E-state index in [4.69, 9.17) is 9.84 Å². The van der Waals surface area contributed by atoms with Crippen molar-refractivity contribution < 1.29 is 14.6 Å². The van der Waals surface area contributed by atoms with Crippen molar-refractivity contribution in [2.45, 2.75) is 18.9 Å². The van der Waals surface area contributed by atoms with Crippen molar-refractivity contribution in [2.24, 2.45) is 0 Å². The number of carboxylic acids is 1. The highest BCUT2D eigenvalue weighted by Gasteiger charge is 2.25. The maximum Gasteiger partial charge on any atom is 0.339 e. The summed E-state index contributed by atoms with van der Waals surface area (Å²) in [5.74, 6) is -0.498. The number of carboxylic acid groups (broad SMARTS) is 1. The van der Waals surface area contributed by atoms with Gasteiger partial charge in [0.2, 0.25) is 0 Å². The smallest absolute Gasteiger partial charge is 0.339 e. The largest absolute Gasteiger partial charge is 0.489 e. The van der Waals surface area contributed by atoms with Crippen molar-refractivity contribution in [3.63, 3.8) is 0 Å². The molecular formula is C10H9BrO3. The number of hydrogen-bond acceptors (Lipinski definition) is 2. The molecule has 0 unspecified atom stereocenters. The Bertz CT molecular complexity index is 372. The van der Waals surface area contributed by atoms with Gasteiger partial charge in [-0.15, -0.1) is 0 Å². The van der Waals surface area contributed by atoms with E-state index in [0.717, 1.165) is 17.3 Å². The number of aromatic carboxylic acids is 1. The Morgan fingerprint density at radius 2 is 2.21 bits per heavy atom. The van der Waals surface area contributed by atoms with E-state index >= 15 is 0 Å². The molecule has 0 radical (unpaired) electrons. The summed E-state index contributed by atoms with van der Waals surface area (Å²) in [6.07, 6.45) is 2.25. The van der Waals surface area contributed by atoms with E-state index in [1.165, 1.54) is 0 Å². The maximum atomic E-state index is 10.8. The molecule has 1 saturated carbocycles. The Kier molecular flexibility index (Phi) is 2.46. The summed E-state index contributed by atoms with van der Waals surface area (Å²) in [7, 11) is 0. The fourth-order valence-electron chi connectivity index (χ4n) is 1.14. The number of halogens is 1. The molecule has 3 nitrogen and oxygen atoms in total. The first-order valence-corrected chi connectivity index (χ1v) is 5.15. The normalized spacial score (nSPS) is 15.2. The fourth-order valence-corrected chi connectivity index (χ4v) is 1.48. The van der Waals surface area contributed by atoms with Crippen LogP contribution in [0, 0.1) is 0 Å². The van der Waals surface area contributed by atoms with Gasteiger partial charge in [0, 0.05) is 4.47 Å². The number of hydrogen-bond donors (Lipinski definition) is 1. The van der Waals surface area contributed by atoms with Crippen LogP contribution in [0.4, 0.5) is 0 Å². The SMILES string of the molecule is O=C(O)c1ccc(Br)cc1OC1CC1. The summed E-state index contributed by atoms with van der Waals surface area (Å²) in [4.78, 5) is 10.8. The van der Waals surface area contributed by atoms with Crippen molar-refractivity contribution in [3.05, 3.63) is 28.2 Å². The predicted octanol–water partition coefficient (Wildman–Crippen LogP) is 2.69. The molecule has 1 N–H and O–H groups in total. The van der Waals surface area contributed by atoms with Crippen LogP contribution >= 0.6 is 15.9 Å². The lowest BCUT2D eigenvalue weighted by atomic mass is 10.2. The van der Waals surface area contributed by atoms with Crippen molar-refractivity contribution >= 4 is 21.9 Å². The third-order valence-electron chi connectivity index (χ3n) is 1.99. The molecule has 1 aliphatic rings. The highest BCUT2D eigenvalue weighted by atomic mass is 79.9. The fraction of sp³-hybridized carbons (Fsp3) is 0.300. The van der Waals surface area contributed by atoms with Gasteiger partial charge in [-0.1, -0.05) is 15.9 Å². The van der Waals surface area contributed by atoms with Gasteiger partial charge in [-0.3, -0.25) is 0 Å². The van der Waals surface area contributed by atoms with E-state index in [9.17, 15) is 4.79 Å². The van der Waals surface area contributed by atoms with Crippen LogP contribution in [0.2, 0.25) is 0 Å². The van der Waals surface area contributed by atoms with Crippen LogP contribution in [0.5, 0.6) is 5.75 Å². The molecule has 0 atom stereocenters. The van der Waals surface area contributed by atoms with Crippen LogP contribution in [-0.4, -0.2) is 17.2 Å². The van der Waals surface area contributed by atoms with Gasteiger partial charge in [0.1, 0.15) is 11.3 Å². The number of ether oxygens (including phenoxy) is 1. The van der Waals surface area contributed by atoms with E-state index in [1.807, 2.05) is 0 Å². The summed E-state index contributed by atoms with van der Waals surface area (Å²) < 4.78 is 6.32. The summed E-state index contributed by atoms with van der Waals surface area (Å²) >= 11 is 3.28. The minimum Gasteiger partial charge on any atom is -0.489 e. The summed E-state index contributed by atoms with van der Waals surface area (Å²) in [6, 6.07) is 4.94. The van der Waals surface area contributed by atoms with E-state index < -0.39 is 5.97 Å². The molecule has 1 fully saturated rings. The number of carbonyl (C=O) groups is 1. The number of rotatable bonds is 3. The standard InChI is InChI=1S/C10H9BrO3/c11-6-1-4-8(10(12)13)9(5-6)14-7-2-3-7/h1,4-5,7H,2-3H2,(H,12,13). The van der Waals surface area contributed by atoms with E-state index in [0.29, 0.717) is 5.75 Å². The average Bonchev–Trinajstić information content (AvgIpc) is 2.87. The molecule has 1 aromatic carbocycles. The van der Waals surface area contributed by atoms with Gasteiger partial charge in [0.05, 0.1) is 6.10 Å². The summed E-state index contributed by atoms with van der Waals surface area (Å²) in [5, 5.41) is 8.89. The quantitative estimate of drug-likeness (QED) is 0.905. The second-order valence-electron chi connectivity index (χ2n) is 3.26. The Morgan fingerprint density at radius 3 is 2.79 bits per heavy atom. The second-order valence-corrected chi connectivity index (χ2v) is 4.18. The van der Waals surface area contributed by atoms with Crippen LogP contribution in [0.15, 0.2) is 22.7 Å². The molecule has 1 aromatic rings. The summed E-state index contributed by atoms with van der Waals surface area (Å²) in [6.45, 7) is 0. The topological polar surface area (TPSA) is 46.5 Å². The molecule has 1 aliphatic carbocycles. The first-order chi connectivity index (χ1) is 6.66. The molecule has 0 heterocycles. The Morgan fingerprint density at radius 1 is 1.50 bits per heavy atom. The van der Waals surface area contributed by atoms with E-state index in [-0.39, 0.29) is 11.7 Å². The van der Waals surface area contributed by atoms with Crippen LogP contribution in [0.1, 0.15) is 23.2 Å². The van der Waals surface area contributed by atoms with Crippen molar-refractivity contribution in [1.29, 1.82) is 0 Å². The molecule has 74 valence electrons. The lowest BCUT2D eigenvalue weighted by molar-refractivity contribution is 0.0692. The number of benzene rings is 1. The molecule has 0 aliphatic heterocycles. The first-order valence-electron chi connectivity index (χ1n) is 4.36. The first kappa shape index (κ1) is 9.52. The van der Waals surface area contributed by atoms with Crippen LogP contribution in [0.3, 0.4) is 0 Å². The average molecular weight is 257 g/mol. The Hall–Kier alpha value is -1.03. The monoisotopic (exact) mass is 256 g/mol. The molecule has 4 heteroatoms. The van der Waals surface area contributed by atoms with Crippen LogP contribution in [-0.2, 0) is 0 Å². The van der Waals surface area contributed by atoms with E-state index in [2.05, 4.69) is 15.9 Å². The van der Waals surface area contributed by atoms with Gasteiger partial charge in [-0.2, -0.15) is 0 Å². The summed E-state index contributed by atoms with van der Waals surface area (Å²) in [5.41, 5.74) is 0.222. The minimum absolute atomic E-state index is 0.211. The highest BCUT2D eigenvalue weighted by molar-refractivity contribution is 9.10. The second kappa shape index (κ2) is 3.61. The molecule has 0 bridgehead atoms. The predicted molar refractivity (Wildman–Crippen MR) is 54.8 cm³/mol. The minimum atomic E-state index is -0.951. The zero-order chi connectivity index (χ0) is 10.1. The highest BCUT2D eigenvalue weighted by Crippen LogP contribution is 2.31. The Labute approximate surface area is 89.8 Å². The molecule has 0 aromatic heterocycles. The van der Waals surface area contributed by atoms with Gasteiger partial charge in [-0.05, 0) is 31.0 Å². The zero-order valence-electron chi connectivity index (χ0n) is 7.37. The van der Waals surface area contributed by atoms with Gasteiger partial charge in [0.15, 0.2) is 0 Å². The van der Waals surface area contributed by atoms with Gasteiger partial charge < -0.3 is 9.84 Å². The third-order valence-corrected chi connectivity index (χ3v) is 2.49. The molecular weight excluding hydrogens is 248 g/mol. The van der Waals surface area contributed by atoms with Gasteiger partial charge >= 0.3 is 5.97 Å². The zero-order valence-corrected chi connectivity index (χ0v) is 8.95. The lowest BCUT2D eigenvalue weighted by Gasteiger charge is -2.07. The molecule has 2 rings (SSSR count). The lowest BCUT2D eigenvalue weighted by Crippen LogP contribution is -2.04. The maximum absolute atomic E-state index is 10.8. The van der Waals surface area contributed by atoms with Gasteiger partial charge in [-0.25, -0.2) is 4.79 Å².